The lowest BCUT2D eigenvalue weighted by Gasteiger charge is -2.09. The summed E-state index contributed by atoms with van der Waals surface area (Å²) in [4.78, 5) is 12.3. The van der Waals surface area contributed by atoms with Gasteiger partial charge in [0.15, 0.2) is 0 Å². The van der Waals surface area contributed by atoms with Crippen molar-refractivity contribution in [2.45, 2.75) is 44.0 Å². The van der Waals surface area contributed by atoms with Crippen molar-refractivity contribution in [2.75, 3.05) is 6.54 Å². The highest BCUT2D eigenvalue weighted by atomic mass is 35.7. The van der Waals surface area contributed by atoms with Crippen molar-refractivity contribution in [1.29, 1.82) is 0 Å². The van der Waals surface area contributed by atoms with Gasteiger partial charge in [0, 0.05) is 29.5 Å². The van der Waals surface area contributed by atoms with Gasteiger partial charge in [0.25, 0.3) is 15.0 Å². The molecular weight excluding hydrogens is 312 g/mol. The van der Waals surface area contributed by atoms with Crippen molar-refractivity contribution in [3.8, 4) is 0 Å². The average Bonchev–Trinajstić information content (AvgIpc) is 3.25. The minimum absolute atomic E-state index is 0.00651. The van der Waals surface area contributed by atoms with Crippen LogP contribution in [0.15, 0.2) is 17.2 Å². The summed E-state index contributed by atoms with van der Waals surface area (Å²) in [5, 5.41) is 2.91. The van der Waals surface area contributed by atoms with Gasteiger partial charge in [-0.3, -0.25) is 4.79 Å². The van der Waals surface area contributed by atoms with E-state index in [0.717, 1.165) is 19.3 Å². The number of rotatable bonds is 5. The third-order valence-corrected chi connectivity index (χ3v) is 5.83. The zero-order valence-corrected chi connectivity index (χ0v) is 13.7. The van der Waals surface area contributed by atoms with Crippen molar-refractivity contribution in [3.05, 3.63) is 18.0 Å². The van der Waals surface area contributed by atoms with Gasteiger partial charge in [-0.15, -0.1) is 0 Å². The first-order valence-electron chi connectivity index (χ1n) is 7.13. The third kappa shape index (κ3) is 3.11. The van der Waals surface area contributed by atoms with Gasteiger partial charge in [0.2, 0.25) is 0 Å². The standard InChI is InChI=1S/C14H19ClN2O3S/c1-14(2)6-9(14)7-16-13(18)12-5-11(21(15,19)20)8-17(12)10-3-4-10/h5,8-10H,3-4,6-7H2,1-2H3,(H,16,18). The molecule has 1 heterocycles. The van der Waals surface area contributed by atoms with E-state index in [2.05, 4.69) is 19.2 Å². The molecule has 1 aromatic rings. The fraction of sp³-hybridized carbons (Fsp3) is 0.643. The van der Waals surface area contributed by atoms with Crippen LogP contribution in [0.2, 0.25) is 0 Å². The Balaban J connectivity index is 1.77. The topological polar surface area (TPSA) is 68.2 Å². The summed E-state index contributed by atoms with van der Waals surface area (Å²) in [7, 11) is 1.57. The molecule has 5 nitrogen and oxygen atoms in total. The molecule has 1 N–H and O–H groups in total. The molecule has 21 heavy (non-hydrogen) atoms. The Morgan fingerprint density at radius 2 is 2.10 bits per heavy atom. The number of hydrogen-bond acceptors (Lipinski definition) is 3. The monoisotopic (exact) mass is 330 g/mol. The number of hydrogen-bond donors (Lipinski definition) is 1. The maximum Gasteiger partial charge on any atom is 0.267 e. The van der Waals surface area contributed by atoms with Crippen LogP contribution in [0, 0.1) is 11.3 Å². The molecule has 2 fully saturated rings. The van der Waals surface area contributed by atoms with E-state index in [1.165, 1.54) is 12.3 Å². The van der Waals surface area contributed by atoms with Gasteiger partial charge in [-0.05, 0) is 36.7 Å². The Morgan fingerprint density at radius 3 is 2.57 bits per heavy atom. The minimum atomic E-state index is -3.81. The maximum atomic E-state index is 12.3. The Bertz CT molecular complexity index is 689. The second kappa shape index (κ2) is 4.74. The molecule has 2 aliphatic carbocycles. The molecule has 3 rings (SSSR count). The fourth-order valence-corrected chi connectivity index (χ4v) is 3.40. The van der Waals surface area contributed by atoms with Crippen molar-refractivity contribution in [1.82, 2.24) is 9.88 Å². The summed E-state index contributed by atoms with van der Waals surface area (Å²) in [5.41, 5.74) is 0.686. The number of carbonyl (C=O) groups is 1. The lowest BCUT2D eigenvalue weighted by atomic mass is 10.1. The molecular formula is C14H19ClN2O3S. The Kier molecular flexibility index (Phi) is 3.37. The Hall–Kier alpha value is -1.01. The predicted octanol–water partition coefficient (Wildman–Crippen LogP) is 2.53. The molecule has 0 saturated heterocycles. The van der Waals surface area contributed by atoms with Crippen molar-refractivity contribution < 1.29 is 13.2 Å². The fourth-order valence-electron chi connectivity index (χ4n) is 2.66. The van der Waals surface area contributed by atoms with Crippen molar-refractivity contribution in [2.24, 2.45) is 11.3 Å². The van der Waals surface area contributed by atoms with E-state index in [1.807, 2.05) is 0 Å². The zero-order valence-electron chi connectivity index (χ0n) is 12.1. The highest BCUT2D eigenvalue weighted by Gasteiger charge is 2.45. The predicted molar refractivity (Wildman–Crippen MR) is 80.0 cm³/mol. The van der Waals surface area contributed by atoms with Crippen LogP contribution in [-0.2, 0) is 9.05 Å². The summed E-state index contributed by atoms with van der Waals surface area (Å²) in [5.74, 6) is 0.276. The van der Waals surface area contributed by atoms with E-state index in [-0.39, 0.29) is 16.8 Å². The van der Waals surface area contributed by atoms with Crippen LogP contribution in [0.5, 0.6) is 0 Å². The number of halogens is 1. The third-order valence-electron chi connectivity index (χ3n) is 4.50. The maximum absolute atomic E-state index is 12.3. The molecule has 1 atom stereocenters. The van der Waals surface area contributed by atoms with Crippen molar-refractivity contribution >= 4 is 25.6 Å². The largest absolute Gasteiger partial charge is 0.350 e. The zero-order chi connectivity index (χ0) is 15.4. The van der Waals surface area contributed by atoms with E-state index >= 15 is 0 Å². The second-order valence-corrected chi connectivity index (χ2v) is 9.30. The molecule has 1 unspecified atom stereocenters. The van der Waals surface area contributed by atoms with Crippen LogP contribution >= 0.6 is 10.7 Å². The molecule has 0 aromatic carbocycles. The number of aromatic nitrogens is 1. The van der Waals surface area contributed by atoms with E-state index in [1.54, 1.807) is 4.57 Å². The highest BCUT2D eigenvalue weighted by Crippen LogP contribution is 2.51. The molecule has 7 heteroatoms. The SMILES string of the molecule is CC1(C)CC1CNC(=O)c1cc(S(=O)(=O)Cl)cn1C1CC1. The quantitative estimate of drug-likeness (QED) is 0.843. The van der Waals surface area contributed by atoms with E-state index < -0.39 is 9.05 Å². The first kappa shape index (κ1) is 14.9. The molecule has 1 aromatic heterocycles. The number of nitrogens with zero attached hydrogens (tertiary/aromatic N) is 1. The first-order chi connectivity index (χ1) is 9.68. The lowest BCUT2D eigenvalue weighted by molar-refractivity contribution is 0.0941. The minimum Gasteiger partial charge on any atom is -0.350 e. The van der Waals surface area contributed by atoms with E-state index in [9.17, 15) is 13.2 Å². The molecule has 2 aliphatic rings. The summed E-state index contributed by atoms with van der Waals surface area (Å²) in [6, 6.07) is 1.59. The molecule has 116 valence electrons. The van der Waals surface area contributed by atoms with Gasteiger partial charge in [0.1, 0.15) is 10.6 Å². The second-order valence-electron chi connectivity index (χ2n) is 6.74. The Morgan fingerprint density at radius 1 is 1.48 bits per heavy atom. The molecule has 0 bridgehead atoms. The molecule has 0 spiro atoms. The molecule has 0 aliphatic heterocycles. The van der Waals surface area contributed by atoms with Crippen LogP contribution in [-0.4, -0.2) is 25.4 Å². The van der Waals surface area contributed by atoms with Crippen LogP contribution in [0.3, 0.4) is 0 Å². The summed E-state index contributed by atoms with van der Waals surface area (Å²) >= 11 is 0. The van der Waals surface area contributed by atoms with Crippen LogP contribution < -0.4 is 5.32 Å². The van der Waals surface area contributed by atoms with Crippen LogP contribution in [0.1, 0.15) is 49.6 Å². The van der Waals surface area contributed by atoms with Crippen LogP contribution in [0.25, 0.3) is 0 Å². The van der Waals surface area contributed by atoms with Gasteiger partial charge >= 0.3 is 0 Å². The lowest BCUT2D eigenvalue weighted by Crippen LogP contribution is -2.28. The average molecular weight is 331 g/mol. The number of carbonyl (C=O) groups excluding carboxylic acids is 1. The normalized spacial score (nSPS) is 23.9. The summed E-state index contributed by atoms with van der Waals surface area (Å²) < 4.78 is 24.6. The Labute approximate surface area is 129 Å². The van der Waals surface area contributed by atoms with Gasteiger partial charge in [-0.2, -0.15) is 0 Å². The smallest absolute Gasteiger partial charge is 0.267 e. The number of nitrogens with one attached hydrogen (secondary N) is 1. The highest BCUT2D eigenvalue weighted by molar-refractivity contribution is 8.13. The van der Waals surface area contributed by atoms with E-state index in [4.69, 9.17) is 10.7 Å². The first-order valence-corrected chi connectivity index (χ1v) is 9.44. The molecule has 1 amide bonds. The summed E-state index contributed by atoms with van der Waals surface area (Å²) in [6.07, 6.45) is 4.51. The van der Waals surface area contributed by atoms with Gasteiger partial charge in [-0.25, -0.2) is 8.42 Å². The van der Waals surface area contributed by atoms with Gasteiger partial charge in [0.05, 0.1) is 0 Å². The van der Waals surface area contributed by atoms with Gasteiger partial charge < -0.3 is 9.88 Å². The van der Waals surface area contributed by atoms with Crippen molar-refractivity contribution in [3.63, 3.8) is 0 Å². The molecule has 2 saturated carbocycles. The van der Waals surface area contributed by atoms with Gasteiger partial charge in [-0.1, -0.05) is 13.8 Å². The van der Waals surface area contributed by atoms with Crippen LogP contribution in [0.4, 0.5) is 0 Å². The number of amides is 1. The summed E-state index contributed by atoms with van der Waals surface area (Å²) in [6.45, 7) is 4.98. The van der Waals surface area contributed by atoms with E-state index in [0.29, 0.717) is 23.6 Å². The molecule has 0 radical (unpaired) electrons.